The zero-order valence-electron chi connectivity index (χ0n) is 16.8. The molecule has 0 unspecified atom stereocenters. The van der Waals surface area contributed by atoms with Gasteiger partial charge in [0.05, 0.1) is 22.4 Å². The molecule has 9 heteroatoms. The van der Waals surface area contributed by atoms with E-state index in [1.807, 2.05) is 19.1 Å². The third-order valence-electron chi connectivity index (χ3n) is 4.58. The number of carbonyl (C=O) groups is 1. The SMILES string of the molecule is Cc1ccc(Oc2cc(NC(=O)c3cc(-c4ccc(F)cc4)n[nH]3)cc([N+](=O)[O-])c2)cc1. The second-order valence-corrected chi connectivity index (χ2v) is 7.02. The van der Waals surface area contributed by atoms with Crippen molar-refractivity contribution < 1.29 is 18.8 Å². The third-order valence-corrected chi connectivity index (χ3v) is 4.58. The van der Waals surface area contributed by atoms with E-state index in [0.717, 1.165) is 5.56 Å². The molecule has 0 fully saturated rings. The number of nitrogens with one attached hydrogen (secondary N) is 2. The van der Waals surface area contributed by atoms with Crippen LogP contribution >= 0.6 is 0 Å². The Morgan fingerprint density at radius 1 is 1.03 bits per heavy atom. The van der Waals surface area contributed by atoms with Crippen LogP contribution in [0.5, 0.6) is 11.5 Å². The lowest BCUT2D eigenvalue weighted by Gasteiger charge is -2.09. The van der Waals surface area contributed by atoms with E-state index in [0.29, 0.717) is 17.0 Å². The molecule has 2 N–H and O–H groups in total. The number of aryl methyl sites for hydroxylation is 1. The first kappa shape index (κ1) is 20.7. The molecule has 3 aromatic carbocycles. The summed E-state index contributed by atoms with van der Waals surface area (Å²) in [6.07, 6.45) is 0. The van der Waals surface area contributed by atoms with Gasteiger partial charge in [-0.05, 0) is 49.4 Å². The van der Waals surface area contributed by atoms with E-state index < -0.39 is 10.8 Å². The first-order chi connectivity index (χ1) is 15.4. The summed E-state index contributed by atoms with van der Waals surface area (Å²) in [5.74, 6) is -0.218. The van der Waals surface area contributed by atoms with Crippen LogP contribution in [-0.2, 0) is 0 Å². The van der Waals surface area contributed by atoms with Crippen molar-refractivity contribution in [3.63, 3.8) is 0 Å². The number of amides is 1. The molecule has 1 heterocycles. The van der Waals surface area contributed by atoms with Crippen LogP contribution in [0.15, 0.2) is 72.8 Å². The van der Waals surface area contributed by atoms with E-state index >= 15 is 0 Å². The van der Waals surface area contributed by atoms with Gasteiger partial charge in [-0.15, -0.1) is 0 Å². The number of benzene rings is 3. The molecule has 1 amide bonds. The molecular weight excluding hydrogens is 415 g/mol. The summed E-state index contributed by atoms with van der Waals surface area (Å²) in [6, 6.07) is 18.4. The van der Waals surface area contributed by atoms with E-state index in [1.54, 1.807) is 24.3 Å². The first-order valence-corrected chi connectivity index (χ1v) is 9.54. The minimum Gasteiger partial charge on any atom is -0.457 e. The smallest absolute Gasteiger partial charge is 0.275 e. The first-order valence-electron chi connectivity index (χ1n) is 9.54. The van der Waals surface area contributed by atoms with E-state index in [4.69, 9.17) is 4.74 Å². The van der Waals surface area contributed by atoms with Crippen molar-refractivity contribution in [2.75, 3.05) is 5.32 Å². The quantitative estimate of drug-likeness (QED) is 0.310. The maximum atomic E-state index is 13.1. The molecule has 0 atom stereocenters. The van der Waals surface area contributed by atoms with Crippen LogP contribution in [-0.4, -0.2) is 21.0 Å². The molecule has 0 saturated heterocycles. The number of hydrogen-bond acceptors (Lipinski definition) is 5. The molecule has 32 heavy (non-hydrogen) atoms. The number of rotatable bonds is 6. The maximum Gasteiger partial charge on any atom is 0.275 e. The number of anilines is 1. The third kappa shape index (κ3) is 4.78. The van der Waals surface area contributed by atoms with Gasteiger partial charge in [0, 0.05) is 17.7 Å². The molecular formula is C23H17FN4O4. The molecule has 8 nitrogen and oxygen atoms in total. The van der Waals surface area contributed by atoms with Crippen LogP contribution in [0.3, 0.4) is 0 Å². The molecule has 160 valence electrons. The van der Waals surface area contributed by atoms with Gasteiger partial charge in [-0.3, -0.25) is 20.0 Å². The van der Waals surface area contributed by atoms with E-state index in [1.165, 1.54) is 36.4 Å². The summed E-state index contributed by atoms with van der Waals surface area (Å²) in [7, 11) is 0. The van der Waals surface area contributed by atoms with Crippen molar-refractivity contribution in [1.29, 1.82) is 0 Å². The van der Waals surface area contributed by atoms with Gasteiger partial charge in [0.1, 0.15) is 23.0 Å². The molecule has 0 aliphatic rings. The lowest BCUT2D eigenvalue weighted by molar-refractivity contribution is -0.384. The predicted molar refractivity (Wildman–Crippen MR) is 116 cm³/mol. The van der Waals surface area contributed by atoms with Crippen molar-refractivity contribution in [1.82, 2.24) is 10.2 Å². The van der Waals surface area contributed by atoms with E-state index in [2.05, 4.69) is 15.5 Å². The Morgan fingerprint density at radius 2 is 1.75 bits per heavy atom. The number of carbonyl (C=O) groups excluding carboxylic acids is 1. The normalized spacial score (nSPS) is 10.6. The number of halogens is 1. The number of nitro benzene ring substituents is 1. The number of H-pyrrole nitrogens is 1. The van der Waals surface area contributed by atoms with Gasteiger partial charge in [0.15, 0.2) is 0 Å². The summed E-state index contributed by atoms with van der Waals surface area (Å²) in [4.78, 5) is 23.4. The second kappa shape index (κ2) is 8.68. The largest absolute Gasteiger partial charge is 0.457 e. The monoisotopic (exact) mass is 432 g/mol. The Labute approximate surface area is 181 Å². The number of non-ortho nitro benzene ring substituents is 1. The maximum absolute atomic E-state index is 13.1. The van der Waals surface area contributed by atoms with E-state index in [9.17, 15) is 19.3 Å². The van der Waals surface area contributed by atoms with Gasteiger partial charge in [-0.2, -0.15) is 5.10 Å². The molecule has 4 aromatic rings. The van der Waals surface area contributed by atoms with Crippen LogP contribution in [0.4, 0.5) is 15.8 Å². The topological polar surface area (TPSA) is 110 Å². The summed E-state index contributed by atoms with van der Waals surface area (Å²) in [5.41, 5.74) is 2.22. The number of ether oxygens (including phenoxy) is 1. The lowest BCUT2D eigenvalue weighted by atomic mass is 10.1. The van der Waals surface area contributed by atoms with Gasteiger partial charge in [-0.1, -0.05) is 17.7 Å². The molecule has 0 aliphatic heterocycles. The van der Waals surface area contributed by atoms with Crippen LogP contribution < -0.4 is 10.1 Å². The highest BCUT2D eigenvalue weighted by Crippen LogP contribution is 2.30. The Morgan fingerprint density at radius 3 is 2.44 bits per heavy atom. The summed E-state index contributed by atoms with van der Waals surface area (Å²) >= 11 is 0. The zero-order chi connectivity index (χ0) is 22.7. The highest BCUT2D eigenvalue weighted by atomic mass is 19.1. The fraction of sp³-hybridized carbons (Fsp3) is 0.0435. The van der Waals surface area contributed by atoms with Gasteiger partial charge >= 0.3 is 0 Å². The fourth-order valence-corrected chi connectivity index (χ4v) is 2.97. The van der Waals surface area contributed by atoms with Crippen LogP contribution in [0.1, 0.15) is 16.1 Å². The zero-order valence-corrected chi connectivity index (χ0v) is 16.8. The summed E-state index contributed by atoms with van der Waals surface area (Å²) in [6.45, 7) is 1.93. The highest BCUT2D eigenvalue weighted by Gasteiger charge is 2.16. The minimum absolute atomic E-state index is 0.136. The minimum atomic E-state index is -0.569. The standard InChI is InChI=1S/C23H17FN4O4/c1-14-2-8-19(9-3-14)32-20-11-17(10-18(12-20)28(30)31)25-23(29)22-13-21(26-27-22)15-4-6-16(24)7-5-15/h2-13H,1H3,(H,25,29)(H,26,27). The van der Waals surface area contributed by atoms with Crippen LogP contribution in [0.2, 0.25) is 0 Å². The van der Waals surface area contributed by atoms with Crippen molar-refractivity contribution in [2.24, 2.45) is 0 Å². The molecule has 0 saturated carbocycles. The Kier molecular flexibility index (Phi) is 5.63. The van der Waals surface area contributed by atoms with Gasteiger partial charge < -0.3 is 10.1 Å². The van der Waals surface area contributed by atoms with Crippen LogP contribution in [0.25, 0.3) is 11.3 Å². The average molecular weight is 432 g/mol. The molecule has 0 aliphatic carbocycles. The Balaban J connectivity index is 1.55. The molecule has 0 radical (unpaired) electrons. The number of hydrogen-bond donors (Lipinski definition) is 2. The van der Waals surface area contributed by atoms with Gasteiger partial charge in [-0.25, -0.2) is 4.39 Å². The van der Waals surface area contributed by atoms with Crippen molar-refractivity contribution in [3.8, 4) is 22.8 Å². The fourth-order valence-electron chi connectivity index (χ4n) is 2.97. The Bertz CT molecular complexity index is 1280. The summed E-state index contributed by atoms with van der Waals surface area (Å²) in [5, 5.41) is 20.6. The van der Waals surface area contributed by atoms with Gasteiger partial charge in [0.25, 0.3) is 11.6 Å². The predicted octanol–water partition coefficient (Wildman–Crippen LogP) is 5.48. The highest BCUT2D eigenvalue weighted by molar-refractivity contribution is 6.03. The number of nitro groups is 1. The van der Waals surface area contributed by atoms with Gasteiger partial charge in [0.2, 0.25) is 0 Å². The van der Waals surface area contributed by atoms with Crippen molar-refractivity contribution in [3.05, 3.63) is 100.0 Å². The molecule has 1 aromatic heterocycles. The number of nitrogens with zero attached hydrogens (tertiary/aromatic N) is 2. The second-order valence-electron chi connectivity index (χ2n) is 7.02. The molecule has 0 spiro atoms. The number of aromatic amines is 1. The average Bonchev–Trinajstić information content (AvgIpc) is 3.26. The van der Waals surface area contributed by atoms with Crippen molar-refractivity contribution in [2.45, 2.75) is 6.92 Å². The molecule has 0 bridgehead atoms. The van der Waals surface area contributed by atoms with Crippen molar-refractivity contribution >= 4 is 17.3 Å². The summed E-state index contributed by atoms with van der Waals surface area (Å²) < 4.78 is 18.8. The molecule has 4 rings (SSSR count). The van der Waals surface area contributed by atoms with Crippen LogP contribution in [0, 0.1) is 22.9 Å². The van der Waals surface area contributed by atoms with E-state index in [-0.39, 0.29) is 28.6 Å². The lowest BCUT2D eigenvalue weighted by Crippen LogP contribution is -2.12. The number of aromatic nitrogens is 2. The Hall–Kier alpha value is -4.53.